The number of ether oxygens (including phenoxy) is 2. The molecule has 158 valence electrons. The molecule has 6 heteroatoms. The highest BCUT2D eigenvalue weighted by Crippen LogP contribution is 2.39. The molecular formula is C25H23NO3S2. The third kappa shape index (κ3) is 4.31. The molecule has 1 atom stereocenters. The summed E-state index contributed by atoms with van der Waals surface area (Å²) in [6, 6.07) is 19.6. The maximum Gasteiger partial charge on any atom is 0.270 e. The van der Waals surface area contributed by atoms with Crippen LogP contribution < -0.4 is 14.4 Å². The van der Waals surface area contributed by atoms with Crippen LogP contribution in [-0.4, -0.2) is 23.4 Å². The molecular weight excluding hydrogens is 426 g/mol. The summed E-state index contributed by atoms with van der Waals surface area (Å²) in [5.74, 6) is 1.21. The summed E-state index contributed by atoms with van der Waals surface area (Å²) < 4.78 is 11.9. The molecule has 0 spiro atoms. The van der Waals surface area contributed by atoms with Gasteiger partial charge >= 0.3 is 0 Å². The molecule has 0 unspecified atom stereocenters. The Labute approximate surface area is 191 Å². The number of amides is 1. The average Bonchev–Trinajstić information content (AvgIpc) is 3.06. The minimum Gasteiger partial charge on any atom is -0.493 e. The second-order valence-corrected chi connectivity index (χ2v) is 8.94. The fourth-order valence-corrected chi connectivity index (χ4v) is 4.69. The van der Waals surface area contributed by atoms with Crippen LogP contribution in [0.3, 0.4) is 0 Å². The van der Waals surface area contributed by atoms with Crippen molar-refractivity contribution in [1.82, 2.24) is 0 Å². The Morgan fingerprint density at radius 3 is 2.65 bits per heavy atom. The van der Waals surface area contributed by atoms with E-state index in [1.54, 1.807) is 12.0 Å². The average molecular weight is 450 g/mol. The van der Waals surface area contributed by atoms with E-state index >= 15 is 0 Å². The van der Waals surface area contributed by atoms with Crippen molar-refractivity contribution in [2.24, 2.45) is 0 Å². The van der Waals surface area contributed by atoms with Gasteiger partial charge in [0.15, 0.2) is 15.8 Å². The molecule has 1 aliphatic heterocycles. The van der Waals surface area contributed by atoms with E-state index in [9.17, 15) is 4.79 Å². The summed E-state index contributed by atoms with van der Waals surface area (Å²) in [6.07, 6.45) is 2.85. The summed E-state index contributed by atoms with van der Waals surface area (Å²) in [6.45, 7) is 4.09. The monoisotopic (exact) mass is 449 g/mol. The maximum absolute atomic E-state index is 13.3. The number of carbonyl (C=O) groups excluding carboxylic acids is 1. The van der Waals surface area contributed by atoms with Gasteiger partial charge in [-0.1, -0.05) is 73.4 Å². The lowest BCUT2D eigenvalue weighted by atomic mass is 10.1. The van der Waals surface area contributed by atoms with E-state index in [0.29, 0.717) is 20.7 Å². The second kappa shape index (κ2) is 9.12. The van der Waals surface area contributed by atoms with Crippen molar-refractivity contribution in [3.05, 3.63) is 71.1 Å². The minimum absolute atomic E-state index is 0.0942. The van der Waals surface area contributed by atoms with Crippen LogP contribution >= 0.6 is 24.0 Å². The van der Waals surface area contributed by atoms with Gasteiger partial charge in [0.25, 0.3) is 5.91 Å². The lowest BCUT2D eigenvalue weighted by Crippen LogP contribution is -2.27. The number of methoxy groups -OCH3 is 1. The number of anilines is 1. The second-order valence-electron chi connectivity index (χ2n) is 7.26. The van der Waals surface area contributed by atoms with Gasteiger partial charge in [0.05, 0.1) is 23.8 Å². The summed E-state index contributed by atoms with van der Waals surface area (Å²) in [5, 5.41) is 2.07. The summed E-state index contributed by atoms with van der Waals surface area (Å²) in [5.41, 5.74) is 1.66. The first-order valence-electron chi connectivity index (χ1n) is 10.1. The first-order valence-corrected chi connectivity index (χ1v) is 11.3. The van der Waals surface area contributed by atoms with Gasteiger partial charge in [0.1, 0.15) is 0 Å². The number of rotatable bonds is 6. The SMILES string of the molecule is CC[C@H](C)Oc1ccc(/C=C2/SC(=S)N(c3cccc4ccccc34)C2=O)cc1OC. The number of hydrogen-bond acceptors (Lipinski definition) is 5. The van der Waals surface area contributed by atoms with Crippen molar-refractivity contribution >= 4 is 56.7 Å². The molecule has 1 fully saturated rings. The topological polar surface area (TPSA) is 38.8 Å². The van der Waals surface area contributed by atoms with Gasteiger partial charge in [-0.15, -0.1) is 0 Å². The lowest BCUT2D eigenvalue weighted by molar-refractivity contribution is -0.113. The van der Waals surface area contributed by atoms with Gasteiger partial charge in [0.2, 0.25) is 0 Å². The molecule has 1 saturated heterocycles. The van der Waals surface area contributed by atoms with Crippen molar-refractivity contribution in [3.63, 3.8) is 0 Å². The van der Waals surface area contributed by atoms with Gasteiger partial charge in [-0.05, 0) is 48.6 Å². The van der Waals surface area contributed by atoms with Gasteiger partial charge in [0, 0.05) is 5.39 Å². The normalized spacial score (nSPS) is 16.2. The molecule has 31 heavy (non-hydrogen) atoms. The van der Waals surface area contributed by atoms with Crippen LogP contribution in [0.2, 0.25) is 0 Å². The molecule has 3 aromatic rings. The highest BCUT2D eigenvalue weighted by Gasteiger charge is 2.34. The van der Waals surface area contributed by atoms with Crippen LogP contribution in [0.1, 0.15) is 25.8 Å². The van der Waals surface area contributed by atoms with E-state index in [4.69, 9.17) is 21.7 Å². The Morgan fingerprint density at radius 1 is 1.10 bits per heavy atom. The van der Waals surface area contributed by atoms with Gasteiger partial charge in [-0.3, -0.25) is 9.69 Å². The smallest absolute Gasteiger partial charge is 0.270 e. The third-order valence-corrected chi connectivity index (χ3v) is 6.49. The molecule has 3 aromatic carbocycles. The summed E-state index contributed by atoms with van der Waals surface area (Å²) in [4.78, 5) is 15.5. The highest BCUT2D eigenvalue weighted by atomic mass is 32.2. The maximum atomic E-state index is 13.3. The molecule has 0 bridgehead atoms. The van der Waals surface area contributed by atoms with Crippen LogP contribution in [0.15, 0.2) is 65.6 Å². The Bertz CT molecular complexity index is 1180. The molecule has 4 rings (SSSR count). The zero-order valence-corrected chi connectivity index (χ0v) is 19.3. The fourth-order valence-electron chi connectivity index (χ4n) is 3.40. The van der Waals surface area contributed by atoms with Crippen LogP contribution in [-0.2, 0) is 4.79 Å². The number of fused-ring (bicyclic) bond motifs is 1. The lowest BCUT2D eigenvalue weighted by Gasteiger charge is -2.17. The Hall–Kier alpha value is -2.83. The molecule has 1 heterocycles. The molecule has 1 amide bonds. The molecule has 0 N–H and O–H groups in total. The molecule has 0 aromatic heterocycles. The van der Waals surface area contributed by atoms with Crippen LogP contribution in [0, 0.1) is 0 Å². The number of benzene rings is 3. The van der Waals surface area contributed by atoms with Crippen molar-refractivity contribution in [3.8, 4) is 11.5 Å². The molecule has 4 nitrogen and oxygen atoms in total. The first-order chi connectivity index (χ1) is 15.0. The van der Waals surface area contributed by atoms with Gasteiger partial charge in [-0.2, -0.15) is 0 Å². The number of carbonyl (C=O) groups is 1. The predicted molar refractivity (Wildman–Crippen MR) is 133 cm³/mol. The predicted octanol–water partition coefficient (Wildman–Crippen LogP) is 6.43. The quantitative estimate of drug-likeness (QED) is 0.320. The van der Waals surface area contributed by atoms with E-state index in [1.807, 2.05) is 73.7 Å². The Balaban J connectivity index is 1.66. The van der Waals surface area contributed by atoms with Crippen molar-refractivity contribution in [2.45, 2.75) is 26.4 Å². The molecule has 0 aliphatic carbocycles. The Morgan fingerprint density at radius 2 is 1.87 bits per heavy atom. The molecule has 1 aliphatic rings. The van der Waals surface area contributed by atoms with Gasteiger partial charge in [-0.25, -0.2) is 0 Å². The van der Waals surface area contributed by atoms with Crippen molar-refractivity contribution in [1.29, 1.82) is 0 Å². The molecule has 0 radical (unpaired) electrons. The van der Waals surface area contributed by atoms with Crippen molar-refractivity contribution < 1.29 is 14.3 Å². The van der Waals surface area contributed by atoms with E-state index in [0.717, 1.165) is 28.4 Å². The third-order valence-electron chi connectivity index (χ3n) is 5.19. The standard InChI is InChI=1S/C25H23NO3S2/c1-4-16(2)29-21-13-12-17(14-22(21)28-3)15-23-24(27)26(25(30)31-23)20-11-7-9-18-8-5-6-10-19(18)20/h5-16H,4H2,1-3H3/b23-15+/t16-/m0/s1. The number of nitrogens with zero attached hydrogens (tertiary/aromatic N) is 1. The van der Waals surface area contributed by atoms with E-state index < -0.39 is 0 Å². The van der Waals surface area contributed by atoms with E-state index in [1.165, 1.54) is 11.8 Å². The van der Waals surface area contributed by atoms with E-state index in [2.05, 4.69) is 6.92 Å². The minimum atomic E-state index is -0.120. The van der Waals surface area contributed by atoms with Crippen LogP contribution in [0.5, 0.6) is 11.5 Å². The van der Waals surface area contributed by atoms with Gasteiger partial charge < -0.3 is 9.47 Å². The highest BCUT2D eigenvalue weighted by molar-refractivity contribution is 8.27. The fraction of sp³-hybridized carbons (Fsp3) is 0.200. The molecule has 0 saturated carbocycles. The Kier molecular flexibility index (Phi) is 6.30. The van der Waals surface area contributed by atoms with Crippen LogP contribution in [0.25, 0.3) is 16.8 Å². The van der Waals surface area contributed by atoms with E-state index in [-0.39, 0.29) is 12.0 Å². The van der Waals surface area contributed by atoms with Crippen LogP contribution in [0.4, 0.5) is 5.69 Å². The zero-order valence-electron chi connectivity index (χ0n) is 17.6. The van der Waals surface area contributed by atoms with Crippen molar-refractivity contribution in [2.75, 3.05) is 12.0 Å². The number of thioether (sulfide) groups is 1. The number of thiocarbonyl (C=S) groups is 1. The number of hydrogen-bond donors (Lipinski definition) is 0. The summed E-state index contributed by atoms with van der Waals surface area (Å²) >= 11 is 6.88. The largest absolute Gasteiger partial charge is 0.493 e. The summed E-state index contributed by atoms with van der Waals surface area (Å²) in [7, 11) is 1.61. The first kappa shape index (κ1) is 21.4. The zero-order chi connectivity index (χ0) is 22.0.